The molecule has 0 atom stereocenters. The van der Waals surface area contributed by atoms with Crippen LogP contribution in [0.15, 0.2) is 81.7 Å². The van der Waals surface area contributed by atoms with Gasteiger partial charge in [0.1, 0.15) is 22.5 Å². The minimum atomic E-state index is -0.337. The molecule has 3 heterocycles. The van der Waals surface area contributed by atoms with Gasteiger partial charge in [0.25, 0.3) is 0 Å². The number of hydrogen-bond donors (Lipinski definition) is 1. The Hall–Kier alpha value is -3.73. The summed E-state index contributed by atoms with van der Waals surface area (Å²) < 4.78 is 12.3. The van der Waals surface area contributed by atoms with Gasteiger partial charge in [-0.25, -0.2) is 0 Å². The van der Waals surface area contributed by atoms with E-state index in [4.69, 9.17) is 13.8 Å². The number of aromatic nitrogens is 1. The number of hydrogen-bond acceptors (Lipinski definition) is 5. The summed E-state index contributed by atoms with van der Waals surface area (Å²) in [5.41, 5.74) is 6.17. The van der Waals surface area contributed by atoms with Crippen LogP contribution in [0.3, 0.4) is 0 Å². The van der Waals surface area contributed by atoms with Crippen LogP contribution in [0.4, 0.5) is 0 Å². The van der Waals surface area contributed by atoms with E-state index in [2.05, 4.69) is 77.1 Å². The molecule has 0 saturated carbocycles. The number of carbonyl (C=O) groups excluding carboxylic acids is 1. The SMILES string of the molecule is CC(C)Cc1coc2cc3oc4c(-c5[c-]c6ccccc6c(C(C)(C)C)c5)nccc4c3cc12.CCC(C)(CC)C(=O)/C=C(\O)C(C)(CC)CC.[Ir]. The number of fused-ring (bicyclic) bond motifs is 5. The zero-order chi connectivity index (χ0) is 37.3. The van der Waals surface area contributed by atoms with E-state index in [0.717, 1.165) is 81.7 Å². The van der Waals surface area contributed by atoms with Crippen LogP contribution >= 0.6 is 0 Å². The Kier molecular flexibility index (Phi) is 12.7. The van der Waals surface area contributed by atoms with Crippen molar-refractivity contribution >= 4 is 49.5 Å². The largest absolute Gasteiger partial charge is 0.512 e. The van der Waals surface area contributed by atoms with Gasteiger partial charge in [0.15, 0.2) is 5.78 Å². The van der Waals surface area contributed by atoms with Crippen molar-refractivity contribution < 1.29 is 38.8 Å². The van der Waals surface area contributed by atoms with E-state index in [1.54, 1.807) is 0 Å². The van der Waals surface area contributed by atoms with Crippen LogP contribution in [0, 0.1) is 22.8 Å². The zero-order valence-corrected chi connectivity index (χ0v) is 35.3. The first-order valence-electron chi connectivity index (χ1n) is 18.7. The van der Waals surface area contributed by atoms with Gasteiger partial charge in [-0.3, -0.25) is 9.78 Å². The molecule has 0 spiro atoms. The number of allylic oxidation sites excluding steroid dienone is 2. The van der Waals surface area contributed by atoms with E-state index in [1.807, 2.05) is 66.1 Å². The van der Waals surface area contributed by atoms with Gasteiger partial charge in [0, 0.05) is 71.1 Å². The van der Waals surface area contributed by atoms with Gasteiger partial charge in [-0.15, -0.1) is 29.1 Å². The van der Waals surface area contributed by atoms with Gasteiger partial charge < -0.3 is 13.9 Å². The van der Waals surface area contributed by atoms with Gasteiger partial charge >= 0.3 is 0 Å². The second kappa shape index (κ2) is 16.1. The second-order valence-corrected chi connectivity index (χ2v) is 16.2. The van der Waals surface area contributed by atoms with E-state index in [-0.39, 0.29) is 47.9 Å². The molecule has 0 fully saturated rings. The number of pyridine rings is 1. The second-order valence-electron chi connectivity index (χ2n) is 16.2. The minimum Gasteiger partial charge on any atom is -0.512 e. The summed E-state index contributed by atoms with van der Waals surface area (Å²) in [6.45, 7) is 23.3. The van der Waals surface area contributed by atoms with Gasteiger partial charge in [-0.1, -0.05) is 105 Å². The fourth-order valence-electron chi connectivity index (χ4n) is 6.73. The fourth-order valence-corrected chi connectivity index (χ4v) is 6.73. The maximum atomic E-state index is 12.2. The zero-order valence-electron chi connectivity index (χ0n) is 32.9. The average molecular weight is 879 g/mol. The predicted molar refractivity (Wildman–Crippen MR) is 213 cm³/mol. The summed E-state index contributed by atoms with van der Waals surface area (Å²) in [5.74, 6) is 0.850. The number of furan rings is 2. The van der Waals surface area contributed by atoms with Crippen LogP contribution in [0.1, 0.15) is 113 Å². The molecule has 0 unspecified atom stereocenters. The van der Waals surface area contributed by atoms with E-state index < -0.39 is 0 Å². The molecule has 52 heavy (non-hydrogen) atoms. The Morgan fingerprint density at radius 3 is 2.12 bits per heavy atom. The first-order chi connectivity index (χ1) is 24.1. The molecule has 0 amide bonds. The van der Waals surface area contributed by atoms with E-state index in [1.165, 1.54) is 22.6 Å². The van der Waals surface area contributed by atoms with Crippen LogP contribution < -0.4 is 0 Å². The summed E-state index contributed by atoms with van der Waals surface area (Å²) in [5, 5.41) is 15.8. The Labute approximate surface area is 323 Å². The molecule has 279 valence electrons. The Morgan fingerprint density at radius 1 is 0.846 bits per heavy atom. The molecular formula is C46H56IrNO4-. The molecule has 0 aliphatic heterocycles. The van der Waals surface area contributed by atoms with E-state index in [0.29, 0.717) is 5.92 Å². The van der Waals surface area contributed by atoms with Crippen LogP contribution in [0.5, 0.6) is 0 Å². The van der Waals surface area contributed by atoms with Crippen LogP contribution in [0.2, 0.25) is 0 Å². The van der Waals surface area contributed by atoms with Gasteiger partial charge in [0.2, 0.25) is 0 Å². The summed E-state index contributed by atoms with van der Waals surface area (Å²) >= 11 is 0. The van der Waals surface area contributed by atoms with Gasteiger partial charge in [-0.05, 0) is 61.1 Å². The number of benzene rings is 3. The first kappa shape index (κ1) is 41.0. The molecule has 3 aromatic carbocycles. The first-order valence-corrected chi connectivity index (χ1v) is 18.7. The summed E-state index contributed by atoms with van der Waals surface area (Å²) in [6.07, 6.45) is 9.50. The predicted octanol–water partition coefficient (Wildman–Crippen LogP) is 13.5. The quantitative estimate of drug-likeness (QED) is 0.0843. The Balaban J connectivity index is 0.000000289. The van der Waals surface area contributed by atoms with Crippen LogP contribution in [-0.2, 0) is 36.7 Å². The number of nitrogens with zero attached hydrogens (tertiary/aromatic N) is 1. The standard InChI is InChI=1S/C31H28NO2.C15H28O2.Ir/c1-18(2)12-21-17-33-27-16-28-25(15-24(21)27)23-10-11-32-29(30(23)34-28)20-13-19-8-6-7-9-22(19)26(14-20)31(3,4)5;1-7-14(5,8-2)12(16)11-13(17)15(6,9-3)10-4;/h6-11,14-18H,12H2,1-5H3;11,16H,7-10H2,1-6H3;/q-1;;/b;12-11-;. The molecule has 6 rings (SSSR count). The van der Waals surface area contributed by atoms with Crippen molar-refractivity contribution in [2.45, 2.75) is 114 Å². The van der Waals surface area contributed by atoms with Gasteiger partial charge in [0.05, 0.1) is 6.26 Å². The van der Waals surface area contributed by atoms with Crippen molar-refractivity contribution in [1.82, 2.24) is 4.98 Å². The number of carbonyl (C=O) groups is 1. The maximum absolute atomic E-state index is 12.2. The van der Waals surface area contributed by atoms with E-state index >= 15 is 0 Å². The third-order valence-corrected chi connectivity index (χ3v) is 11.2. The molecular weight excluding hydrogens is 823 g/mol. The normalized spacial score (nSPS) is 12.8. The number of ketones is 1. The number of rotatable bonds is 10. The molecule has 0 bridgehead atoms. The Morgan fingerprint density at radius 2 is 1.50 bits per heavy atom. The smallest absolute Gasteiger partial charge is 0.164 e. The van der Waals surface area contributed by atoms with Gasteiger partial charge in [-0.2, -0.15) is 0 Å². The molecule has 5 nitrogen and oxygen atoms in total. The van der Waals surface area contributed by atoms with Crippen LogP contribution in [-0.4, -0.2) is 15.9 Å². The average Bonchev–Trinajstić information content (AvgIpc) is 3.68. The topological polar surface area (TPSA) is 76.5 Å². The van der Waals surface area contributed by atoms with E-state index in [9.17, 15) is 9.90 Å². The molecule has 1 radical (unpaired) electrons. The van der Waals surface area contributed by atoms with Crippen molar-refractivity contribution in [2.75, 3.05) is 0 Å². The minimum absolute atomic E-state index is 0. The third kappa shape index (κ3) is 8.09. The monoisotopic (exact) mass is 879 g/mol. The number of aliphatic hydroxyl groups is 1. The Bertz CT molecular complexity index is 2200. The summed E-state index contributed by atoms with van der Waals surface area (Å²) in [4.78, 5) is 16.9. The summed E-state index contributed by atoms with van der Waals surface area (Å²) in [6, 6.07) is 20.6. The molecule has 0 saturated heterocycles. The molecule has 6 aromatic rings. The molecule has 6 heteroatoms. The molecule has 0 aliphatic rings. The molecule has 0 aliphatic carbocycles. The van der Waals surface area contributed by atoms with Crippen molar-refractivity contribution in [3.63, 3.8) is 0 Å². The third-order valence-electron chi connectivity index (χ3n) is 11.2. The van der Waals surface area contributed by atoms with Crippen molar-refractivity contribution in [2.24, 2.45) is 16.7 Å². The van der Waals surface area contributed by atoms with Crippen molar-refractivity contribution in [1.29, 1.82) is 0 Å². The van der Waals surface area contributed by atoms with Crippen molar-refractivity contribution in [3.05, 3.63) is 90.0 Å². The fraction of sp³-hybridized carbons (Fsp3) is 0.435. The molecule has 1 N–H and O–H groups in total. The summed E-state index contributed by atoms with van der Waals surface area (Å²) in [7, 11) is 0. The van der Waals surface area contributed by atoms with Crippen molar-refractivity contribution in [3.8, 4) is 11.3 Å². The number of aliphatic hydroxyl groups excluding tert-OH is 1. The maximum Gasteiger partial charge on any atom is 0.164 e. The molecule has 3 aromatic heterocycles. The van der Waals surface area contributed by atoms with Crippen LogP contribution in [0.25, 0.3) is 54.9 Å².